The number of hydrogen-bond acceptors (Lipinski definition) is 7. The van der Waals surface area contributed by atoms with Crippen LogP contribution in [0.4, 0.5) is 10.7 Å². The Hall–Kier alpha value is -3.42. The average molecular weight is 475 g/mol. The largest absolute Gasteiger partial charge is 0.504 e. The van der Waals surface area contributed by atoms with Gasteiger partial charge in [0.1, 0.15) is 17.0 Å². The molecule has 0 fully saturated rings. The summed E-state index contributed by atoms with van der Waals surface area (Å²) in [6, 6.07) is 13.3. The van der Waals surface area contributed by atoms with Gasteiger partial charge in [-0.25, -0.2) is 0 Å². The van der Waals surface area contributed by atoms with Crippen LogP contribution in [-0.2, 0) is 0 Å². The van der Waals surface area contributed by atoms with Gasteiger partial charge >= 0.3 is 0 Å². The third-order valence-corrected chi connectivity index (χ3v) is 6.89. The summed E-state index contributed by atoms with van der Waals surface area (Å²) in [4.78, 5) is 0.454. The monoisotopic (exact) mass is 474 g/mol. The zero-order valence-electron chi connectivity index (χ0n) is 19.8. The second-order valence-corrected chi connectivity index (χ2v) is 9.27. The molecule has 0 radical (unpaired) electrons. The molecule has 2 aromatic carbocycles. The molecule has 0 spiro atoms. The van der Waals surface area contributed by atoms with Crippen molar-refractivity contribution in [3.63, 3.8) is 0 Å². The maximum atomic E-state index is 10.8. The molecule has 3 aromatic rings. The van der Waals surface area contributed by atoms with Crippen molar-refractivity contribution < 1.29 is 9.84 Å². The molecule has 7 heteroatoms. The fourth-order valence-corrected chi connectivity index (χ4v) is 4.71. The van der Waals surface area contributed by atoms with Crippen molar-refractivity contribution in [3.8, 4) is 23.6 Å². The van der Waals surface area contributed by atoms with E-state index >= 15 is 0 Å². The molecular formula is C27H30N4O2S. The Balaban J connectivity index is 1.74. The van der Waals surface area contributed by atoms with E-state index in [0.717, 1.165) is 29.6 Å². The van der Waals surface area contributed by atoms with Crippen LogP contribution >= 0.6 is 11.3 Å². The lowest BCUT2D eigenvalue weighted by Crippen LogP contribution is -1.98. The van der Waals surface area contributed by atoms with Gasteiger partial charge < -0.3 is 9.84 Å². The van der Waals surface area contributed by atoms with E-state index in [1.165, 1.54) is 38.5 Å². The van der Waals surface area contributed by atoms with Crippen LogP contribution in [0.25, 0.3) is 10.8 Å². The number of unbranched alkanes of at least 4 members (excludes halogenated alkanes) is 7. The van der Waals surface area contributed by atoms with E-state index in [2.05, 4.69) is 29.3 Å². The topological polar surface area (TPSA) is 102 Å². The quantitative estimate of drug-likeness (QED) is 0.210. The van der Waals surface area contributed by atoms with E-state index in [1.54, 1.807) is 13.0 Å². The van der Waals surface area contributed by atoms with Crippen LogP contribution in [-0.4, -0.2) is 11.7 Å². The molecule has 0 aliphatic rings. The van der Waals surface area contributed by atoms with Gasteiger partial charge in [0.15, 0.2) is 16.5 Å². The van der Waals surface area contributed by atoms with Crippen LogP contribution in [0.1, 0.15) is 74.3 Å². The van der Waals surface area contributed by atoms with E-state index in [9.17, 15) is 15.6 Å². The number of phenols is 1. The van der Waals surface area contributed by atoms with Crippen LogP contribution in [0, 0.1) is 29.6 Å². The third kappa shape index (κ3) is 6.12. The van der Waals surface area contributed by atoms with Gasteiger partial charge in [0.05, 0.1) is 17.9 Å². The summed E-state index contributed by atoms with van der Waals surface area (Å²) < 4.78 is 5.92. The van der Waals surface area contributed by atoms with E-state index in [0.29, 0.717) is 44.4 Å². The van der Waals surface area contributed by atoms with Crippen molar-refractivity contribution in [3.05, 3.63) is 46.3 Å². The van der Waals surface area contributed by atoms with Gasteiger partial charge in [0.25, 0.3) is 0 Å². The lowest BCUT2D eigenvalue weighted by Gasteiger charge is -2.12. The Kier molecular flexibility index (Phi) is 9.43. The highest BCUT2D eigenvalue weighted by Gasteiger charge is 2.16. The SMILES string of the molecule is CCCCCCCCCCOc1cc(/N=N/c2sc(C#N)c(C)c2C#N)c2ccccc2c1O. The summed E-state index contributed by atoms with van der Waals surface area (Å²) in [7, 11) is 0. The van der Waals surface area contributed by atoms with Crippen LogP contribution in [0.3, 0.4) is 0 Å². The number of phenolic OH excluding ortho intramolecular Hbond substituents is 1. The standard InChI is InChI=1S/C27H30N4O2S/c1-3-4-5-6-7-8-9-12-15-33-24-16-23(20-13-10-11-14-21(20)26(24)32)30-31-27-22(17-28)19(2)25(18-29)34-27/h10-11,13-14,16,32H,3-9,12,15H2,1-2H3/b31-30+. The average Bonchev–Trinajstić information content (AvgIpc) is 3.17. The molecule has 34 heavy (non-hydrogen) atoms. The molecule has 0 bridgehead atoms. The molecule has 6 nitrogen and oxygen atoms in total. The van der Waals surface area contributed by atoms with Crippen LogP contribution < -0.4 is 4.74 Å². The minimum Gasteiger partial charge on any atom is -0.504 e. The first kappa shape index (κ1) is 25.2. The van der Waals surface area contributed by atoms with Gasteiger partial charge in [0, 0.05) is 16.8 Å². The van der Waals surface area contributed by atoms with Gasteiger partial charge in [-0.1, -0.05) is 76.1 Å². The van der Waals surface area contributed by atoms with Crippen molar-refractivity contribution in [2.75, 3.05) is 6.61 Å². The number of azo groups is 1. The van der Waals surface area contributed by atoms with Gasteiger partial charge in [-0.15, -0.1) is 21.6 Å². The molecular weight excluding hydrogens is 444 g/mol. The fraction of sp³-hybridized carbons (Fsp3) is 0.407. The van der Waals surface area contributed by atoms with Gasteiger partial charge in [-0.3, -0.25) is 0 Å². The summed E-state index contributed by atoms with van der Waals surface area (Å²) >= 11 is 1.15. The summed E-state index contributed by atoms with van der Waals surface area (Å²) in [5.41, 5.74) is 1.52. The number of hydrogen-bond donors (Lipinski definition) is 1. The van der Waals surface area contributed by atoms with Crippen molar-refractivity contribution >= 4 is 32.8 Å². The number of thiophene rings is 1. The van der Waals surface area contributed by atoms with Crippen molar-refractivity contribution in [2.24, 2.45) is 10.2 Å². The highest BCUT2D eigenvalue weighted by atomic mass is 32.1. The van der Waals surface area contributed by atoms with E-state index in [-0.39, 0.29) is 5.75 Å². The molecule has 1 aromatic heterocycles. The molecule has 1 heterocycles. The fourth-order valence-electron chi connectivity index (χ4n) is 3.83. The second-order valence-electron chi connectivity index (χ2n) is 8.27. The van der Waals surface area contributed by atoms with Gasteiger partial charge in [0.2, 0.25) is 0 Å². The minimum atomic E-state index is 0.0885. The normalized spacial score (nSPS) is 11.1. The number of aromatic hydroxyl groups is 1. The molecule has 176 valence electrons. The highest BCUT2D eigenvalue weighted by Crippen LogP contribution is 2.42. The molecule has 0 saturated heterocycles. The first-order valence-corrected chi connectivity index (χ1v) is 12.6. The summed E-state index contributed by atoms with van der Waals surface area (Å²) in [6.07, 6.45) is 9.66. The number of fused-ring (bicyclic) bond motifs is 1. The number of benzene rings is 2. The Bertz CT molecular complexity index is 1230. The zero-order chi connectivity index (χ0) is 24.3. The number of rotatable bonds is 12. The van der Waals surface area contributed by atoms with E-state index < -0.39 is 0 Å². The van der Waals surface area contributed by atoms with Crippen molar-refractivity contribution in [1.29, 1.82) is 10.5 Å². The van der Waals surface area contributed by atoms with E-state index in [4.69, 9.17) is 4.74 Å². The summed E-state index contributed by atoms with van der Waals surface area (Å²) in [6.45, 7) is 4.48. The summed E-state index contributed by atoms with van der Waals surface area (Å²) in [5.74, 6) is 0.460. The number of ether oxygens (including phenoxy) is 1. The lowest BCUT2D eigenvalue weighted by atomic mass is 10.1. The molecule has 0 saturated carbocycles. The zero-order valence-corrected chi connectivity index (χ0v) is 20.6. The second kappa shape index (κ2) is 12.7. The van der Waals surface area contributed by atoms with E-state index in [1.807, 2.05) is 24.3 Å². The summed E-state index contributed by atoms with van der Waals surface area (Å²) in [5, 5.41) is 39.9. The maximum Gasteiger partial charge on any atom is 0.165 e. The lowest BCUT2D eigenvalue weighted by molar-refractivity contribution is 0.290. The molecule has 0 aliphatic carbocycles. The molecule has 0 aliphatic heterocycles. The number of nitrogens with zero attached hydrogens (tertiary/aromatic N) is 4. The van der Waals surface area contributed by atoms with Gasteiger partial charge in [-0.05, 0) is 18.9 Å². The molecule has 0 atom stereocenters. The Morgan fingerprint density at radius 3 is 2.29 bits per heavy atom. The molecule has 0 unspecified atom stereocenters. The predicted molar refractivity (Wildman–Crippen MR) is 136 cm³/mol. The minimum absolute atomic E-state index is 0.0885. The predicted octanol–water partition coefficient (Wildman–Crippen LogP) is 8.59. The van der Waals surface area contributed by atoms with Crippen molar-refractivity contribution in [2.45, 2.75) is 65.2 Å². The molecule has 0 amide bonds. The van der Waals surface area contributed by atoms with Gasteiger partial charge in [-0.2, -0.15) is 10.5 Å². The first-order chi connectivity index (χ1) is 16.6. The molecule has 1 N–H and O–H groups in total. The van der Waals surface area contributed by atoms with Crippen molar-refractivity contribution in [1.82, 2.24) is 0 Å². The van der Waals surface area contributed by atoms with Crippen LogP contribution in [0.15, 0.2) is 40.6 Å². The third-order valence-electron chi connectivity index (χ3n) is 5.80. The van der Waals surface area contributed by atoms with Crippen LogP contribution in [0.5, 0.6) is 11.5 Å². The highest BCUT2D eigenvalue weighted by molar-refractivity contribution is 7.16. The Morgan fingerprint density at radius 1 is 0.941 bits per heavy atom. The smallest absolute Gasteiger partial charge is 0.165 e. The maximum absolute atomic E-state index is 10.8. The van der Waals surface area contributed by atoms with Crippen LogP contribution in [0.2, 0.25) is 0 Å². The first-order valence-electron chi connectivity index (χ1n) is 11.8. The Morgan fingerprint density at radius 2 is 1.62 bits per heavy atom. The Labute approximate surface area is 205 Å². The molecule has 3 rings (SSSR count). The number of nitriles is 2.